The first-order chi connectivity index (χ1) is 10.0. The van der Waals surface area contributed by atoms with Gasteiger partial charge < -0.3 is 5.32 Å². The van der Waals surface area contributed by atoms with Crippen molar-refractivity contribution in [2.24, 2.45) is 0 Å². The van der Waals surface area contributed by atoms with Gasteiger partial charge in [-0.1, -0.05) is 12.1 Å². The fourth-order valence-electron chi connectivity index (χ4n) is 1.84. The topological polar surface area (TPSA) is 58.2 Å². The quantitative estimate of drug-likeness (QED) is 0.861. The summed E-state index contributed by atoms with van der Waals surface area (Å²) in [7, 11) is -1.79. The Morgan fingerprint density at radius 3 is 2.19 bits per heavy atom. The second-order valence-electron chi connectivity index (χ2n) is 4.61. The van der Waals surface area contributed by atoms with Crippen LogP contribution >= 0.6 is 0 Å². The molecule has 0 fully saturated rings. The van der Waals surface area contributed by atoms with Gasteiger partial charge in [-0.15, -0.1) is 0 Å². The number of hydrogen-bond donors (Lipinski definition) is 2. The Labute approximate surface area is 124 Å². The third-order valence-corrected chi connectivity index (χ3v) is 4.39. The van der Waals surface area contributed by atoms with E-state index < -0.39 is 15.8 Å². The average Bonchev–Trinajstić information content (AvgIpc) is 2.48. The highest BCUT2D eigenvalue weighted by Gasteiger charge is 2.13. The van der Waals surface area contributed by atoms with E-state index in [1.54, 1.807) is 24.3 Å². The highest BCUT2D eigenvalue weighted by Crippen LogP contribution is 2.17. The predicted octanol–water partition coefficient (Wildman–Crippen LogP) is 2.39. The zero-order chi connectivity index (χ0) is 15.3. The maximum atomic E-state index is 12.8. The molecule has 6 heteroatoms. The number of halogens is 1. The lowest BCUT2D eigenvalue weighted by Gasteiger charge is -2.09. The third kappa shape index (κ3) is 4.27. The fourth-order valence-corrected chi connectivity index (χ4v) is 2.90. The van der Waals surface area contributed by atoms with E-state index in [9.17, 15) is 12.8 Å². The van der Waals surface area contributed by atoms with Crippen LogP contribution in [0.15, 0.2) is 53.4 Å². The fraction of sp³-hybridized carbons (Fsp3) is 0.200. The van der Waals surface area contributed by atoms with Gasteiger partial charge in [0.05, 0.1) is 4.90 Å². The van der Waals surface area contributed by atoms with Crippen LogP contribution in [-0.4, -0.2) is 22.0 Å². The summed E-state index contributed by atoms with van der Waals surface area (Å²) in [4.78, 5) is 0.181. The lowest BCUT2D eigenvalue weighted by atomic mass is 10.1. The molecule has 2 rings (SSSR count). The molecule has 112 valence electrons. The van der Waals surface area contributed by atoms with Crippen molar-refractivity contribution in [3.63, 3.8) is 0 Å². The summed E-state index contributed by atoms with van der Waals surface area (Å²) in [6, 6.07) is 11.9. The summed E-state index contributed by atoms with van der Waals surface area (Å²) in [5.41, 5.74) is 1.39. The number of rotatable bonds is 6. The molecular formula is C15H17FN2O2S. The minimum absolute atomic E-state index is 0.181. The minimum atomic E-state index is -3.65. The van der Waals surface area contributed by atoms with E-state index >= 15 is 0 Å². The molecule has 4 nitrogen and oxygen atoms in total. The SMILES string of the molecule is CNCCc1ccc(S(=O)(=O)Nc2ccc(F)cc2)cc1. The Kier molecular flexibility index (Phi) is 4.93. The van der Waals surface area contributed by atoms with Crippen LogP contribution in [0.1, 0.15) is 5.56 Å². The molecule has 0 aliphatic rings. The van der Waals surface area contributed by atoms with Gasteiger partial charge in [-0.25, -0.2) is 12.8 Å². The molecule has 0 heterocycles. The first-order valence-corrected chi connectivity index (χ1v) is 8.01. The summed E-state index contributed by atoms with van der Waals surface area (Å²) < 4.78 is 39.6. The maximum Gasteiger partial charge on any atom is 0.261 e. The van der Waals surface area contributed by atoms with E-state index in [2.05, 4.69) is 10.0 Å². The number of likely N-dealkylation sites (N-methyl/N-ethyl adjacent to an activating group) is 1. The van der Waals surface area contributed by atoms with Gasteiger partial charge in [0.2, 0.25) is 0 Å². The van der Waals surface area contributed by atoms with E-state index in [4.69, 9.17) is 0 Å². The summed E-state index contributed by atoms with van der Waals surface area (Å²) >= 11 is 0. The average molecular weight is 308 g/mol. The third-order valence-electron chi connectivity index (χ3n) is 2.99. The summed E-state index contributed by atoms with van der Waals surface area (Å²) in [5.74, 6) is -0.410. The van der Waals surface area contributed by atoms with Crippen molar-refractivity contribution < 1.29 is 12.8 Å². The van der Waals surface area contributed by atoms with Gasteiger partial charge in [-0.3, -0.25) is 4.72 Å². The van der Waals surface area contributed by atoms with Gasteiger partial charge in [0.25, 0.3) is 10.0 Å². The number of hydrogen-bond acceptors (Lipinski definition) is 3. The highest BCUT2D eigenvalue weighted by atomic mass is 32.2. The molecule has 2 aromatic rings. The number of sulfonamides is 1. The standard InChI is InChI=1S/C15H17FN2O2S/c1-17-11-10-12-2-8-15(9-3-12)21(19,20)18-14-6-4-13(16)5-7-14/h2-9,17-18H,10-11H2,1H3. The number of anilines is 1. The largest absolute Gasteiger partial charge is 0.319 e. The molecule has 0 unspecified atom stereocenters. The van der Waals surface area contributed by atoms with Gasteiger partial charge >= 0.3 is 0 Å². The zero-order valence-corrected chi connectivity index (χ0v) is 12.5. The van der Waals surface area contributed by atoms with E-state index in [0.29, 0.717) is 5.69 Å². The second kappa shape index (κ2) is 6.69. The van der Waals surface area contributed by atoms with Crippen LogP contribution < -0.4 is 10.0 Å². The van der Waals surface area contributed by atoms with E-state index in [-0.39, 0.29) is 4.90 Å². The minimum Gasteiger partial charge on any atom is -0.319 e. The summed E-state index contributed by atoms with van der Waals surface area (Å²) in [5, 5.41) is 3.04. The summed E-state index contributed by atoms with van der Waals surface area (Å²) in [6.45, 7) is 0.833. The number of benzene rings is 2. The Morgan fingerprint density at radius 2 is 1.62 bits per heavy atom. The van der Waals surface area contributed by atoms with Crippen LogP contribution in [-0.2, 0) is 16.4 Å². The monoisotopic (exact) mass is 308 g/mol. The molecule has 0 bridgehead atoms. The highest BCUT2D eigenvalue weighted by molar-refractivity contribution is 7.92. The van der Waals surface area contributed by atoms with Gasteiger partial charge in [-0.05, 0) is 62.0 Å². The Hall–Kier alpha value is -1.92. The van der Waals surface area contributed by atoms with Crippen molar-refractivity contribution in [1.82, 2.24) is 5.32 Å². The van der Waals surface area contributed by atoms with Gasteiger partial charge in [-0.2, -0.15) is 0 Å². The molecule has 0 spiro atoms. The molecule has 0 atom stereocenters. The first kappa shape index (κ1) is 15.5. The summed E-state index contributed by atoms with van der Waals surface area (Å²) in [6.07, 6.45) is 0.836. The van der Waals surface area contributed by atoms with Crippen molar-refractivity contribution in [1.29, 1.82) is 0 Å². The molecular weight excluding hydrogens is 291 g/mol. The van der Waals surface area contributed by atoms with Crippen molar-refractivity contribution in [3.05, 3.63) is 59.9 Å². The first-order valence-electron chi connectivity index (χ1n) is 6.53. The van der Waals surface area contributed by atoms with E-state index in [1.807, 2.05) is 7.05 Å². The van der Waals surface area contributed by atoms with Gasteiger partial charge in [0.1, 0.15) is 5.82 Å². The van der Waals surface area contributed by atoms with Crippen LogP contribution in [0.5, 0.6) is 0 Å². The zero-order valence-electron chi connectivity index (χ0n) is 11.6. The van der Waals surface area contributed by atoms with Gasteiger partial charge in [0.15, 0.2) is 0 Å². The molecule has 0 amide bonds. The molecule has 21 heavy (non-hydrogen) atoms. The van der Waals surface area contributed by atoms with Crippen molar-refractivity contribution >= 4 is 15.7 Å². The Balaban J connectivity index is 2.13. The molecule has 0 aliphatic heterocycles. The molecule has 0 radical (unpaired) electrons. The Bertz CT molecular complexity index is 683. The van der Waals surface area contributed by atoms with Crippen molar-refractivity contribution in [3.8, 4) is 0 Å². The lowest BCUT2D eigenvalue weighted by molar-refractivity contribution is 0.601. The molecule has 0 aromatic heterocycles. The van der Waals surface area contributed by atoms with Crippen LogP contribution in [0.25, 0.3) is 0 Å². The molecule has 0 saturated heterocycles. The van der Waals surface area contributed by atoms with Crippen molar-refractivity contribution in [2.75, 3.05) is 18.3 Å². The molecule has 0 saturated carbocycles. The molecule has 0 aliphatic carbocycles. The van der Waals surface area contributed by atoms with Gasteiger partial charge in [0, 0.05) is 5.69 Å². The lowest BCUT2D eigenvalue weighted by Crippen LogP contribution is -2.13. The van der Waals surface area contributed by atoms with Crippen LogP contribution in [0, 0.1) is 5.82 Å². The second-order valence-corrected chi connectivity index (χ2v) is 6.29. The predicted molar refractivity (Wildman–Crippen MR) is 81.3 cm³/mol. The smallest absolute Gasteiger partial charge is 0.261 e. The van der Waals surface area contributed by atoms with Crippen LogP contribution in [0.4, 0.5) is 10.1 Å². The van der Waals surface area contributed by atoms with E-state index in [0.717, 1.165) is 18.5 Å². The molecule has 2 N–H and O–H groups in total. The maximum absolute atomic E-state index is 12.8. The normalized spacial score (nSPS) is 11.3. The van der Waals surface area contributed by atoms with Crippen LogP contribution in [0.2, 0.25) is 0 Å². The van der Waals surface area contributed by atoms with E-state index in [1.165, 1.54) is 24.3 Å². The Morgan fingerprint density at radius 1 is 1.00 bits per heavy atom. The van der Waals surface area contributed by atoms with Crippen LogP contribution in [0.3, 0.4) is 0 Å². The molecule has 2 aromatic carbocycles. The number of nitrogens with one attached hydrogen (secondary N) is 2. The van der Waals surface area contributed by atoms with Crippen molar-refractivity contribution in [2.45, 2.75) is 11.3 Å².